The van der Waals surface area contributed by atoms with E-state index in [1.807, 2.05) is 18.4 Å². The molecular formula is C16H28N4OS. The highest BCUT2D eigenvalue weighted by Gasteiger charge is 2.26. The van der Waals surface area contributed by atoms with Gasteiger partial charge in [0.1, 0.15) is 0 Å². The van der Waals surface area contributed by atoms with Crippen molar-refractivity contribution in [3.63, 3.8) is 0 Å². The number of morpholine rings is 1. The van der Waals surface area contributed by atoms with Crippen molar-refractivity contribution >= 4 is 17.3 Å². The van der Waals surface area contributed by atoms with Crippen LogP contribution in [-0.2, 0) is 4.74 Å². The SMILES string of the molecule is CCCNC(=NC)NCC(c1cccs1)N1CCOC(C)C1. The molecule has 1 aromatic rings. The molecule has 1 aliphatic heterocycles. The predicted octanol–water partition coefficient (Wildman–Crippen LogP) is 2.08. The summed E-state index contributed by atoms with van der Waals surface area (Å²) in [4.78, 5) is 8.20. The molecule has 0 spiro atoms. The van der Waals surface area contributed by atoms with Gasteiger partial charge in [-0.1, -0.05) is 13.0 Å². The lowest BCUT2D eigenvalue weighted by atomic mass is 10.1. The van der Waals surface area contributed by atoms with Gasteiger partial charge < -0.3 is 15.4 Å². The Morgan fingerprint density at radius 3 is 3.05 bits per heavy atom. The molecule has 1 aromatic heterocycles. The zero-order valence-electron chi connectivity index (χ0n) is 13.8. The zero-order valence-corrected chi connectivity index (χ0v) is 14.7. The average molecular weight is 324 g/mol. The summed E-state index contributed by atoms with van der Waals surface area (Å²) >= 11 is 1.82. The highest BCUT2D eigenvalue weighted by atomic mass is 32.1. The molecule has 0 aliphatic carbocycles. The fourth-order valence-corrected chi connectivity index (χ4v) is 3.54. The number of guanidine groups is 1. The van der Waals surface area contributed by atoms with Crippen molar-refractivity contribution in [2.75, 3.05) is 39.8 Å². The minimum Gasteiger partial charge on any atom is -0.376 e. The van der Waals surface area contributed by atoms with Crippen LogP contribution in [0.3, 0.4) is 0 Å². The lowest BCUT2D eigenvalue weighted by molar-refractivity contribution is -0.0334. The minimum atomic E-state index is 0.300. The van der Waals surface area contributed by atoms with E-state index in [0.29, 0.717) is 12.1 Å². The third kappa shape index (κ3) is 4.97. The highest BCUT2D eigenvalue weighted by molar-refractivity contribution is 7.10. The van der Waals surface area contributed by atoms with Crippen LogP contribution in [0.25, 0.3) is 0 Å². The normalized spacial score (nSPS) is 21.6. The van der Waals surface area contributed by atoms with Crippen molar-refractivity contribution in [2.45, 2.75) is 32.4 Å². The number of nitrogens with zero attached hydrogens (tertiary/aromatic N) is 2. The Kier molecular flexibility index (Phi) is 7.15. The third-order valence-electron chi connectivity index (χ3n) is 3.81. The Balaban J connectivity index is 1.99. The lowest BCUT2D eigenvalue weighted by Crippen LogP contribution is -2.48. The first-order valence-corrected chi connectivity index (χ1v) is 8.96. The van der Waals surface area contributed by atoms with Gasteiger partial charge in [0.2, 0.25) is 0 Å². The van der Waals surface area contributed by atoms with Crippen LogP contribution in [0.4, 0.5) is 0 Å². The Hall–Kier alpha value is -1.11. The van der Waals surface area contributed by atoms with Gasteiger partial charge in [0, 0.05) is 38.1 Å². The van der Waals surface area contributed by atoms with Gasteiger partial charge >= 0.3 is 0 Å². The smallest absolute Gasteiger partial charge is 0.191 e. The van der Waals surface area contributed by atoms with Crippen LogP contribution < -0.4 is 10.6 Å². The Morgan fingerprint density at radius 2 is 2.41 bits per heavy atom. The topological polar surface area (TPSA) is 48.9 Å². The molecule has 2 rings (SSSR count). The molecule has 0 radical (unpaired) electrons. The Bertz CT molecular complexity index is 449. The monoisotopic (exact) mass is 324 g/mol. The largest absolute Gasteiger partial charge is 0.376 e. The number of hydrogen-bond donors (Lipinski definition) is 2. The second-order valence-corrected chi connectivity index (χ2v) is 6.57. The maximum absolute atomic E-state index is 5.68. The fraction of sp³-hybridized carbons (Fsp3) is 0.688. The number of thiophene rings is 1. The van der Waals surface area contributed by atoms with Gasteiger partial charge in [-0.25, -0.2) is 0 Å². The molecule has 5 nitrogen and oxygen atoms in total. The van der Waals surface area contributed by atoms with Crippen LogP contribution in [0.2, 0.25) is 0 Å². The summed E-state index contributed by atoms with van der Waals surface area (Å²) in [6.45, 7) is 8.87. The molecule has 124 valence electrons. The van der Waals surface area contributed by atoms with E-state index in [2.05, 4.69) is 51.9 Å². The summed E-state index contributed by atoms with van der Waals surface area (Å²) in [6.07, 6.45) is 1.39. The Labute approximate surface area is 137 Å². The molecule has 2 atom stereocenters. The Morgan fingerprint density at radius 1 is 1.55 bits per heavy atom. The number of hydrogen-bond acceptors (Lipinski definition) is 4. The van der Waals surface area contributed by atoms with Crippen molar-refractivity contribution in [1.82, 2.24) is 15.5 Å². The molecule has 2 unspecified atom stereocenters. The predicted molar refractivity (Wildman–Crippen MR) is 93.7 cm³/mol. The summed E-state index contributed by atoms with van der Waals surface area (Å²) in [5, 5.41) is 8.95. The van der Waals surface area contributed by atoms with Crippen LogP contribution >= 0.6 is 11.3 Å². The fourth-order valence-electron chi connectivity index (χ4n) is 2.68. The molecule has 1 fully saturated rings. The van der Waals surface area contributed by atoms with Crippen LogP contribution in [0, 0.1) is 0 Å². The number of rotatable bonds is 6. The molecule has 0 bridgehead atoms. The van der Waals surface area contributed by atoms with Crippen molar-refractivity contribution in [2.24, 2.45) is 4.99 Å². The second kappa shape index (κ2) is 9.12. The van der Waals surface area contributed by atoms with Crippen LogP contribution in [0.5, 0.6) is 0 Å². The van der Waals surface area contributed by atoms with E-state index in [-0.39, 0.29) is 0 Å². The van der Waals surface area contributed by atoms with E-state index in [1.54, 1.807) is 0 Å². The number of nitrogens with one attached hydrogen (secondary N) is 2. The molecule has 1 aliphatic rings. The molecule has 0 saturated carbocycles. The van der Waals surface area contributed by atoms with Gasteiger partial charge in [0.25, 0.3) is 0 Å². The number of ether oxygens (including phenoxy) is 1. The van der Waals surface area contributed by atoms with Gasteiger partial charge in [-0.2, -0.15) is 0 Å². The summed E-state index contributed by atoms with van der Waals surface area (Å²) in [6, 6.07) is 4.71. The van der Waals surface area contributed by atoms with Crippen molar-refractivity contribution < 1.29 is 4.74 Å². The van der Waals surface area contributed by atoms with Gasteiger partial charge in [0.15, 0.2) is 5.96 Å². The molecule has 22 heavy (non-hydrogen) atoms. The molecule has 6 heteroatoms. The maximum Gasteiger partial charge on any atom is 0.191 e. The van der Waals surface area contributed by atoms with E-state index in [0.717, 1.165) is 45.2 Å². The molecule has 0 amide bonds. The number of aliphatic imine (C=N–C) groups is 1. The van der Waals surface area contributed by atoms with Crippen molar-refractivity contribution in [1.29, 1.82) is 0 Å². The summed E-state index contributed by atoms with van der Waals surface area (Å²) in [5.41, 5.74) is 0. The average Bonchev–Trinajstić information content (AvgIpc) is 3.05. The van der Waals surface area contributed by atoms with E-state index in [4.69, 9.17) is 4.74 Å². The molecule has 1 saturated heterocycles. The second-order valence-electron chi connectivity index (χ2n) is 5.59. The molecule has 2 N–H and O–H groups in total. The van der Waals surface area contributed by atoms with Crippen LogP contribution in [0.1, 0.15) is 31.2 Å². The van der Waals surface area contributed by atoms with E-state index in [9.17, 15) is 0 Å². The van der Waals surface area contributed by atoms with Gasteiger partial charge in [-0.15, -0.1) is 11.3 Å². The first kappa shape index (κ1) is 17.2. The highest BCUT2D eigenvalue weighted by Crippen LogP contribution is 2.26. The first-order valence-electron chi connectivity index (χ1n) is 8.08. The van der Waals surface area contributed by atoms with Gasteiger partial charge in [0.05, 0.1) is 18.8 Å². The van der Waals surface area contributed by atoms with Gasteiger partial charge in [-0.3, -0.25) is 9.89 Å². The van der Waals surface area contributed by atoms with Crippen molar-refractivity contribution in [3.8, 4) is 0 Å². The third-order valence-corrected chi connectivity index (χ3v) is 4.79. The summed E-state index contributed by atoms with van der Waals surface area (Å²) < 4.78 is 5.68. The standard InChI is InChI=1S/C16H28N4OS/c1-4-7-18-16(17-3)19-11-14(15-6-5-10-22-15)20-8-9-21-13(2)12-20/h5-6,10,13-14H,4,7-9,11-12H2,1-3H3,(H2,17,18,19). The summed E-state index contributed by atoms with van der Waals surface area (Å²) in [7, 11) is 1.82. The lowest BCUT2D eigenvalue weighted by Gasteiger charge is -2.37. The molecular weight excluding hydrogens is 296 g/mol. The zero-order chi connectivity index (χ0) is 15.8. The first-order chi connectivity index (χ1) is 10.7. The quantitative estimate of drug-likeness (QED) is 0.621. The van der Waals surface area contributed by atoms with Crippen LogP contribution in [-0.4, -0.2) is 56.8 Å². The minimum absolute atomic E-state index is 0.300. The van der Waals surface area contributed by atoms with Crippen molar-refractivity contribution in [3.05, 3.63) is 22.4 Å². The summed E-state index contributed by atoms with van der Waals surface area (Å²) in [5.74, 6) is 0.879. The van der Waals surface area contributed by atoms with Crippen LogP contribution in [0.15, 0.2) is 22.5 Å². The maximum atomic E-state index is 5.68. The van der Waals surface area contributed by atoms with E-state index < -0.39 is 0 Å². The molecule has 2 heterocycles. The van der Waals surface area contributed by atoms with Gasteiger partial charge in [-0.05, 0) is 24.8 Å². The van der Waals surface area contributed by atoms with E-state index >= 15 is 0 Å². The molecule has 0 aromatic carbocycles. The van der Waals surface area contributed by atoms with E-state index in [1.165, 1.54) is 4.88 Å².